The summed E-state index contributed by atoms with van der Waals surface area (Å²) >= 11 is 0. The van der Waals surface area contributed by atoms with Crippen molar-refractivity contribution in [3.8, 4) is 22.8 Å². The lowest BCUT2D eigenvalue weighted by molar-refractivity contribution is 0.0656. The number of phenolic OH excluding ortho intramolecular Hbond substituents is 1. The van der Waals surface area contributed by atoms with Crippen LogP contribution in [0.4, 0.5) is 10.5 Å². The average molecular weight is 713 g/mol. The lowest BCUT2D eigenvalue weighted by atomic mass is 9.90. The van der Waals surface area contributed by atoms with E-state index >= 15 is 0 Å². The first-order valence-corrected chi connectivity index (χ1v) is 17.5. The molecule has 2 aliphatic heterocycles. The molecule has 1 aromatic heterocycles. The van der Waals surface area contributed by atoms with Gasteiger partial charge in [0.15, 0.2) is 0 Å². The highest BCUT2D eigenvalue weighted by Crippen LogP contribution is 2.36. The molecule has 4 aromatic carbocycles. The van der Waals surface area contributed by atoms with Gasteiger partial charge in [-0.15, -0.1) is 0 Å². The normalized spacial score (nSPS) is 15.0. The van der Waals surface area contributed by atoms with E-state index in [1.54, 1.807) is 24.1 Å². The van der Waals surface area contributed by atoms with Crippen LogP contribution < -0.4 is 9.64 Å². The third-order valence-corrected chi connectivity index (χ3v) is 10.5. The van der Waals surface area contributed by atoms with Gasteiger partial charge < -0.3 is 34.2 Å². The van der Waals surface area contributed by atoms with Crippen LogP contribution in [0.15, 0.2) is 91.0 Å². The Bertz CT molecular complexity index is 2280. The molecule has 1 atom stereocenters. The molecule has 7 rings (SSSR count). The highest BCUT2D eigenvalue weighted by molar-refractivity contribution is 6.08. The van der Waals surface area contributed by atoms with Crippen LogP contribution in [0.25, 0.3) is 11.3 Å². The summed E-state index contributed by atoms with van der Waals surface area (Å²) in [4.78, 5) is 58.4. The van der Waals surface area contributed by atoms with E-state index in [4.69, 9.17) is 4.74 Å². The summed E-state index contributed by atoms with van der Waals surface area (Å²) in [6, 6.07) is 26.0. The standard InChI is InChI=1S/C42H40N4O7/c1-25-18-27-8-5-6-9-30(27)24-46(25)40(49)37-21-31-23-45(42(52)53-34-11-7-10-29(19-34)41(50)51)17-16-28(31)20-36(37)38-22-35(26(2)43(38)3)39(48)44(4)32-12-14-33(47)15-13-32/h5-15,19-22,25,47H,16-18,23-24H2,1-4H3,(H,50,51)/t25-/m1/s1. The molecular weight excluding hydrogens is 672 g/mol. The molecule has 53 heavy (non-hydrogen) atoms. The van der Waals surface area contributed by atoms with Gasteiger partial charge in [-0.3, -0.25) is 9.59 Å². The molecule has 5 aromatic rings. The zero-order valence-corrected chi connectivity index (χ0v) is 30.0. The fourth-order valence-corrected chi connectivity index (χ4v) is 7.27. The number of anilines is 1. The molecule has 0 fully saturated rings. The molecule has 3 heterocycles. The van der Waals surface area contributed by atoms with Crippen LogP contribution in [0.1, 0.15) is 65.9 Å². The van der Waals surface area contributed by atoms with Crippen LogP contribution in [0, 0.1) is 6.92 Å². The molecule has 2 N–H and O–H groups in total. The Morgan fingerprint density at radius 1 is 0.830 bits per heavy atom. The predicted molar refractivity (Wildman–Crippen MR) is 199 cm³/mol. The minimum Gasteiger partial charge on any atom is -0.508 e. The van der Waals surface area contributed by atoms with Crippen molar-refractivity contribution in [1.82, 2.24) is 14.4 Å². The highest BCUT2D eigenvalue weighted by Gasteiger charge is 2.32. The maximum Gasteiger partial charge on any atom is 0.415 e. The Labute approximate surface area is 307 Å². The monoisotopic (exact) mass is 712 g/mol. The molecule has 0 radical (unpaired) electrons. The van der Waals surface area contributed by atoms with Gasteiger partial charge in [-0.2, -0.15) is 0 Å². The first kappa shape index (κ1) is 35.1. The molecule has 0 saturated heterocycles. The van der Waals surface area contributed by atoms with Crippen molar-refractivity contribution in [2.45, 2.75) is 45.8 Å². The summed E-state index contributed by atoms with van der Waals surface area (Å²) in [5.74, 6) is -1.27. The summed E-state index contributed by atoms with van der Waals surface area (Å²) in [5, 5.41) is 19.1. The number of carboxylic acid groups (broad SMARTS) is 1. The first-order chi connectivity index (χ1) is 25.4. The summed E-state index contributed by atoms with van der Waals surface area (Å²) in [5.41, 5.74) is 7.80. The van der Waals surface area contributed by atoms with Gasteiger partial charge in [0, 0.05) is 68.0 Å². The Morgan fingerprint density at radius 3 is 2.30 bits per heavy atom. The van der Waals surface area contributed by atoms with Gasteiger partial charge >= 0.3 is 12.1 Å². The van der Waals surface area contributed by atoms with Gasteiger partial charge in [0.2, 0.25) is 0 Å². The van der Waals surface area contributed by atoms with Crippen molar-refractivity contribution in [2.24, 2.45) is 7.05 Å². The number of carbonyl (C=O) groups excluding carboxylic acids is 3. The van der Waals surface area contributed by atoms with Crippen LogP contribution in [0.3, 0.4) is 0 Å². The van der Waals surface area contributed by atoms with Crippen LogP contribution in [0.5, 0.6) is 11.5 Å². The molecule has 0 bridgehead atoms. The van der Waals surface area contributed by atoms with Crippen molar-refractivity contribution in [2.75, 3.05) is 18.5 Å². The van der Waals surface area contributed by atoms with Gasteiger partial charge in [-0.25, -0.2) is 9.59 Å². The van der Waals surface area contributed by atoms with E-state index in [-0.39, 0.29) is 41.5 Å². The minimum absolute atomic E-state index is 0.0114. The molecule has 0 aliphatic carbocycles. The second-order valence-electron chi connectivity index (χ2n) is 13.8. The summed E-state index contributed by atoms with van der Waals surface area (Å²) in [7, 11) is 3.57. The quantitative estimate of drug-likeness (QED) is 0.197. The predicted octanol–water partition coefficient (Wildman–Crippen LogP) is 6.83. The Hall–Kier alpha value is -6.36. The largest absolute Gasteiger partial charge is 0.508 e. The number of rotatable bonds is 6. The van der Waals surface area contributed by atoms with E-state index in [9.17, 15) is 29.4 Å². The summed E-state index contributed by atoms with van der Waals surface area (Å²) in [6.07, 6.45) is 0.597. The number of aromatic hydroxyl groups is 1. The Balaban J connectivity index is 1.26. The smallest absolute Gasteiger partial charge is 0.415 e. The Kier molecular flexibility index (Phi) is 9.25. The lowest BCUT2D eigenvalue weighted by Gasteiger charge is -2.36. The van der Waals surface area contributed by atoms with E-state index in [2.05, 4.69) is 6.07 Å². The lowest BCUT2D eigenvalue weighted by Crippen LogP contribution is -2.43. The number of benzene rings is 4. The average Bonchev–Trinajstić information content (AvgIpc) is 3.46. The second-order valence-corrected chi connectivity index (χ2v) is 13.8. The molecule has 270 valence electrons. The molecule has 3 amide bonds. The summed E-state index contributed by atoms with van der Waals surface area (Å²) < 4.78 is 7.51. The third kappa shape index (κ3) is 6.73. The minimum atomic E-state index is -1.12. The zero-order chi connectivity index (χ0) is 37.6. The van der Waals surface area contributed by atoms with E-state index < -0.39 is 12.1 Å². The van der Waals surface area contributed by atoms with Crippen molar-refractivity contribution >= 4 is 29.6 Å². The Morgan fingerprint density at radius 2 is 1.57 bits per heavy atom. The molecule has 0 saturated carbocycles. The first-order valence-electron chi connectivity index (χ1n) is 17.5. The van der Waals surface area contributed by atoms with Crippen molar-refractivity contribution in [1.29, 1.82) is 0 Å². The van der Waals surface area contributed by atoms with E-state index in [0.29, 0.717) is 47.6 Å². The van der Waals surface area contributed by atoms with Gasteiger partial charge in [0.05, 0.1) is 11.1 Å². The second kappa shape index (κ2) is 14.0. The SMILES string of the molecule is Cc1c(C(=O)N(C)c2ccc(O)cc2)cc(-c2cc3c(cc2C(=O)N2Cc4ccccc4C[C@H]2C)CN(C(=O)Oc2cccc(C(=O)O)c2)CC3)n1C. The number of carbonyl (C=O) groups is 4. The molecule has 11 heteroatoms. The van der Waals surface area contributed by atoms with Crippen LogP contribution >= 0.6 is 0 Å². The number of aromatic carboxylic acids is 1. The number of aromatic nitrogens is 1. The molecule has 2 aliphatic rings. The van der Waals surface area contributed by atoms with Crippen LogP contribution in [0.2, 0.25) is 0 Å². The van der Waals surface area contributed by atoms with Crippen LogP contribution in [-0.2, 0) is 33.0 Å². The number of nitrogens with zero attached hydrogens (tertiary/aromatic N) is 4. The summed E-state index contributed by atoms with van der Waals surface area (Å²) in [6.45, 7) is 4.92. The molecule has 0 unspecified atom stereocenters. The molecular formula is C42H40N4O7. The van der Waals surface area contributed by atoms with E-state index in [1.165, 1.54) is 46.9 Å². The number of hydrogen-bond donors (Lipinski definition) is 2. The van der Waals surface area contributed by atoms with Gasteiger partial charge in [0.25, 0.3) is 11.8 Å². The molecule has 11 nitrogen and oxygen atoms in total. The van der Waals surface area contributed by atoms with Crippen molar-refractivity contribution in [3.05, 3.63) is 136 Å². The topological polar surface area (TPSA) is 133 Å². The van der Waals surface area contributed by atoms with E-state index in [0.717, 1.165) is 28.8 Å². The van der Waals surface area contributed by atoms with Gasteiger partial charge in [0.1, 0.15) is 11.5 Å². The van der Waals surface area contributed by atoms with Crippen molar-refractivity contribution in [3.63, 3.8) is 0 Å². The third-order valence-electron chi connectivity index (χ3n) is 10.5. The van der Waals surface area contributed by atoms with Gasteiger partial charge in [-0.1, -0.05) is 30.3 Å². The molecule has 0 spiro atoms. The van der Waals surface area contributed by atoms with Crippen LogP contribution in [-0.4, -0.2) is 68.1 Å². The maximum atomic E-state index is 14.8. The number of amides is 3. The highest BCUT2D eigenvalue weighted by atomic mass is 16.6. The van der Waals surface area contributed by atoms with Crippen molar-refractivity contribution < 1.29 is 34.1 Å². The zero-order valence-electron chi connectivity index (χ0n) is 30.0. The fourth-order valence-electron chi connectivity index (χ4n) is 7.27. The number of phenols is 1. The number of ether oxygens (including phenoxy) is 1. The van der Waals surface area contributed by atoms with E-state index in [1.807, 2.05) is 66.8 Å². The number of carboxylic acids is 1. The maximum absolute atomic E-state index is 14.8. The number of hydrogen-bond acceptors (Lipinski definition) is 6. The number of fused-ring (bicyclic) bond motifs is 2. The van der Waals surface area contributed by atoms with Gasteiger partial charge in [-0.05, 0) is 110 Å². The fraction of sp³-hybridized carbons (Fsp3) is 0.238.